The number of aromatic nitrogens is 2. The van der Waals surface area contributed by atoms with E-state index in [1.807, 2.05) is 0 Å². The number of hydrogen-bond donors (Lipinski definition) is 0. The third-order valence-electron chi connectivity index (χ3n) is 14.0. The van der Waals surface area contributed by atoms with Gasteiger partial charge in [0.2, 0.25) is 0 Å². The standard InChI is InChI=1S/C64H40N2/c1-3-14-41(15-4-1)43-28-30-44(31-29-43)46-19-12-21-50(37-46)66-61-35-33-48(39-58(61)64-55-26-13-25-54-51-22-7-8-23-52(51)57(63(54)55)40-62(64)66)47-32-34-60-56(38-47)53-24-9-10-27-59(53)65(60)49-20-11-18-45(36-49)42-16-5-2-6-17-42/h1-40H. The van der Waals surface area contributed by atoms with Crippen LogP contribution in [0.25, 0.3) is 133 Å². The Hall–Kier alpha value is -8.72. The Morgan fingerprint density at radius 1 is 0.197 bits per heavy atom. The summed E-state index contributed by atoms with van der Waals surface area (Å²) in [4.78, 5) is 0. The van der Waals surface area contributed by atoms with Gasteiger partial charge in [-0.3, -0.25) is 0 Å². The number of fused-ring (bicyclic) bond motifs is 10. The third-order valence-corrected chi connectivity index (χ3v) is 14.0. The van der Waals surface area contributed by atoms with Crippen LogP contribution in [0.1, 0.15) is 0 Å². The maximum atomic E-state index is 2.50. The molecule has 0 atom stereocenters. The van der Waals surface area contributed by atoms with E-state index in [-0.39, 0.29) is 0 Å². The molecule has 0 saturated heterocycles. The Morgan fingerprint density at radius 3 is 1.30 bits per heavy atom. The molecule has 11 aromatic carbocycles. The van der Waals surface area contributed by atoms with E-state index in [0.717, 1.165) is 11.4 Å². The third kappa shape index (κ3) is 5.55. The van der Waals surface area contributed by atoms with Crippen molar-refractivity contribution in [2.45, 2.75) is 0 Å². The minimum Gasteiger partial charge on any atom is -0.309 e. The largest absolute Gasteiger partial charge is 0.309 e. The molecule has 14 rings (SSSR count). The monoisotopic (exact) mass is 836 g/mol. The van der Waals surface area contributed by atoms with Gasteiger partial charge in [-0.25, -0.2) is 0 Å². The first-order valence-corrected chi connectivity index (χ1v) is 22.8. The van der Waals surface area contributed by atoms with Gasteiger partial charge in [0, 0.05) is 32.9 Å². The van der Waals surface area contributed by atoms with Crippen LogP contribution < -0.4 is 0 Å². The molecule has 0 unspecified atom stereocenters. The lowest BCUT2D eigenvalue weighted by Gasteiger charge is -2.12. The van der Waals surface area contributed by atoms with E-state index in [0.29, 0.717) is 0 Å². The molecule has 0 spiro atoms. The van der Waals surface area contributed by atoms with E-state index in [4.69, 9.17) is 0 Å². The maximum absolute atomic E-state index is 2.50. The highest BCUT2D eigenvalue weighted by atomic mass is 15.0. The number of para-hydroxylation sites is 1. The Bertz CT molecular complexity index is 4080. The zero-order valence-electron chi connectivity index (χ0n) is 36.0. The molecule has 2 heterocycles. The van der Waals surface area contributed by atoms with Gasteiger partial charge < -0.3 is 9.13 Å². The summed E-state index contributed by atoms with van der Waals surface area (Å²) in [7, 11) is 0. The van der Waals surface area contributed by atoms with E-state index in [2.05, 4.69) is 252 Å². The van der Waals surface area contributed by atoms with Gasteiger partial charge in [-0.15, -0.1) is 0 Å². The van der Waals surface area contributed by atoms with Crippen molar-refractivity contribution in [3.8, 4) is 78.1 Å². The average Bonchev–Trinajstić information content (AvgIpc) is 4.03. The van der Waals surface area contributed by atoms with E-state index in [1.54, 1.807) is 0 Å². The predicted octanol–water partition coefficient (Wildman–Crippen LogP) is 17.3. The lowest BCUT2D eigenvalue weighted by atomic mass is 9.96. The zero-order valence-corrected chi connectivity index (χ0v) is 36.0. The molecule has 1 aliphatic rings. The molecule has 0 fully saturated rings. The molecule has 306 valence electrons. The van der Waals surface area contributed by atoms with Crippen LogP contribution in [0.5, 0.6) is 0 Å². The topological polar surface area (TPSA) is 9.86 Å². The Balaban J connectivity index is 0.962. The highest BCUT2D eigenvalue weighted by Crippen LogP contribution is 2.51. The molecule has 1 aliphatic carbocycles. The molecule has 0 aliphatic heterocycles. The fourth-order valence-electron chi connectivity index (χ4n) is 11.0. The van der Waals surface area contributed by atoms with Crippen molar-refractivity contribution in [1.82, 2.24) is 9.13 Å². The number of nitrogens with zero attached hydrogens (tertiary/aromatic N) is 2. The molecule has 2 nitrogen and oxygen atoms in total. The SMILES string of the molecule is c1ccc(-c2ccc(-c3cccc(-n4c5ccc(-c6ccc7c(c6)c6ccccc6n7-c6cccc(-c7ccccc7)c6)cc5c5c6cccc7c6c(cc54)-c4ccccc4-7)c3)cc2)cc1. The molecule has 0 amide bonds. The second kappa shape index (κ2) is 14.4. The van der Waals surface area contributed by atoms with Crippen LogP contribution in [0.2, 0.25) is 0 Å². The summed E-state index contributed by atoms with van der Waals surface area (Å²) in [5.74, 6) is 0. The predicted molar refractivity (Wildman–Crippen MR) is 279 cm³/mol. The van der Waals surface area contributed by atoms with Gasteiger partial charge in [0.15, 0.2) is 0 Å². The second-order valence-electron chi connectivity index (χ2n) is 17.7. The van der Waals surface area contributed by atoms with Crippen LogP contribution in [-0.2, 0) is 0 Å². The van der Waals surface area contributed by atoms with Gasteiger partial charge >= 0.3 is 0 Å². The molecule has 0 saturated carbocycles. The summed E-state index contributed by atoms with van der Waals surface area (Å²) in [6, 6.07) is 89.4. The number of rotatable bonds is 6. The number of benzene rings is 11. The van der Waals surface area contributed by atoms with Crippen molar-refractivity contribution in [3.05, 3.63) is 243 Å². The van der Waals surface area contributed by atoms with Gasteiger partial charge in [-0.05, 0) is 138 Å². The maximum Gasteiger partial charge on any atom is 0.0553 e. The van der Waals surface area contributed by atoms with E-state index in [1.165, 1.54) is 121 Å². The van der Waals surface area contributed by atoms with Gasteiger partial charge in [0.1, 0.15) is 0 Å². The Labute approximate surface area is 382 Å². The summed E-state index contributed by atoms with van der Waals surface area (Å²) in [5.41, 5.74) is 22.0. The summed E-state index contributed by atoms with van der Waals surface area (Å²) in [6.45, 7) is 0. The highest BCUT2D eigenvalue weighted by molar-refractivity contribution is 6.29. The number of hydrogen-bond acceptors (Lipinski definition) is 0. The van der Waals surface area contributed by atoms with Crippen LogP contribution in [0, 0.1) is 0 Å². The summed E-state index contributed by atoms with van der Waals surface area (Å²) >= 11 is 0. The Kier molecular flexibility index (Phi) is 8.02. The quantitative estimate of drug-likeness (QED) is 0.158. The molecule has 13 aromatic rings. The minimum atomic E-state index is 1.15. The molecular weight excluding hydrogens is 797 g/mol. The first-order chi connectivity index (χ1) is 32.7. The minimum absolute atomic E-state index is 1.15. The smallest absolute Gasteiger partial charge is 0.0553 e. The molecule has 0 radical (unpaired) electrons. The lowest BCUT2D eigenvalue weighted by Crippen LogP contribution is -1.95. The van der Waals surface area contributed by atoms with Gasteiger partial charge in [0.05, 0.1) is 22.1 Å². The lowest BCUT2D eigenvalue weighted by molar-refractivity contribution is 1.18. The van der Waals surface area contributed by atoms with E-state index in [9.17, 15) is 0 Å². The molecule has 66 heavy (non-hydrogen) atoms. The second-order valence-corrected chi connectivity index (χ2v) is 17.7. The van der Waals surface area contributed by atoms with E-state index < -0.39 is 0 Å². The first-order valence-electron chi connectivity index (χ1n) is 22.8. The van der Waals surface area contributed by atoms with Crippen LogP contribution in [0.4, 0.5) is 0 Å². The van der Waals surface area contributed by atoms with Gasteiger partial charge in [-0.2, -0.15) is 0 Å². The molecule has 0 N–H and O–H groups in total. The fraction of sp³-hybridized carbons (Fsp3) is 0. The van der Waals surface area contributed by atoms with Crippen LogP contribution in [0.3, 0.4) is 0 Å². The zero-order chi connectivity index (χ0) is 43.3. The summed E-state index contributed by atoms with van der Waals surface area (Å²) < 4.78 is 4.92. The Morgan fingerprint density at radius 2 is 0.621 bits per heavy atom. The van der Waals surface area contributed by atoms with E-state index >= 15 is 0 Å². The van der Waals surface area contributed by atoms with Crippen LogP contribution in [0.15, 0.2) is 243 Å². The average molecular weight is 837 g/mol. The molecule has 2 heteroatoms. The van der Waals surface area contributed by atoms with Crippen molar-refractivity contribution >= 4 is 54.4 Å². The van der Waals surface area contributed by atoms with Crippen molar-refractivity contribution in [1.29, 1.82) is 0 Å². The highest BCUT2D eigenvalue weighted by Gasteiger charge is 2.26. The van der Waals surface area contributed by atoms with Crippen molar-refractivity contribution in [3.63, 3.8) is 0 Å². The normalized spacial score (nSPS) is 11.9. The molecular formula is C64H40N2. The molecule has 2 aromatic heterocycles. The first kappa shape index (κ1) is 36.7. The summed E-state index contributed by atoms with van der Waals surface area (Å²) in [6.07, 6.45) is 0. The van der Waals surface area contributed by atoms with Crippen LogP contribution in [-0.4, -0.2) is 9.13 Å². The van der Waals surface area contributed by atoms with Gasteiger partial charge in [-0.1, -0.05) is 182 Å². The van der Waals surface area contributed by atoms with Gasteiger partial charge in [0.25, 0.3) is 0 Å². The van der Waals surface area contributed by atoms with Crippen molar-refractivity contribution in [2.75, 3.05) is 0 Å². The summed E-state index contributed by atoms with van der Waals surface area (Å²) in [5, 5.41) is 7.66. The fourth-order valence-corrected chi connectivity index (χ4v) is 11.0. The molecule has 0 bridgehead atoms. The van der Waals surface area contributed by atoms with Crippen molar-refractivity contribution in [2.24, 2.45) is 0 Å². The van der Waals surface area contributed by atoms with Crippen LogP contribution >= 0.6 is 0 Å². The van der Waals surface area contributed by atoms with Crippen molar-refractivity contribution < 1.29 is 0 Å².